The highest BCUT2D eigenvalue weighted by Gasteiger charge is 2.55. The summed E-state index contributed by atoms with van der Waals surface area (Å²) in [5.74, 6) is -2.67. The summed E-state index contributed by atoms with van der Waals surface area (Å²) in [5.41, 5.74) is 4.44. The molecule has 2 aromatic carbocycles. The van der Waals surface area contributed by atoms with Crippen molar-refractivity contribution in [3.63, 3.8) is 0 Å². The molecule has 16 nitrogen and oxygen atoms in total. The van der Waals surface area contributed by atoms with Gasteiger partial charge in [-0.1, -0.05) is 11.6 Å². The second-order valence-corrected chi connectivity index (χ2v) is 17.5. The van der Waals surface area contributed by atoms with E-state index in [1.54, 1.807) is 30.3 Å². The standard InChI is InChI=1S/C44H41ClFN11O5/c45-33-16-27(2-1-24(33)21-47)56-10-9-30-34(22-56)48-23-49-39(30)52-36-7-5-31(38(46)51-36)40(59)50-25-17-44(18-25)19-28(20-44)55-13-11-54(12-14-55)26-3-4-29-32(15-26)43(62)57(42(29)61)35-6-8-37(58)53-41(35)60/h1-5,7,15-16,23,25,28,35H,6,8-14,17-20,22H2,(H,50,59)(H,53,58,60)(H,48,49,51,52). The van der Waals surface area contributed by atoms with Crippen LogP contribution in [0.15, 0.2) is 54.9 Å². The van der Waals surface area contributed by atoms with E-state index in [-0.39, 0.29) is 46.8 Å². The summed E-state index contributed by atoms with van der Waals surface area (Å²) in [7, 11) is 0. The number of carbonyl (C=O) groups is 5. The molecule has 3 N–H and O–H groups in total. The molecule has 4 aliphatic heterocycles. The predicted molar refractivity (Wildman–Crippen MR) is 223 cm³/mol. The molecule has 6 heterocycles. The normalized spacial score (nSPS) is 24.5. The maximum absolute atomic E-state index is 15.3. The number of halogens is 2. The number of carbonyl (C=O) groups excluding carboxylic acids is 5. The number of benzene rings is 2. The Morgan fingerprint density at radius 1 is 0.887 bits per heavy atom. The highest BCUT2D eigenvalue weighted by Crippen LogP contribution is 2.57. The summed E-state index contributed by atoms with van der Waals surface area (Å²) in [4.78, 5) is 84.4. The van der Waals surface area contributed by atoms with Gasteiger partial charge in [-0.2, -0.15) is 9.65 Å². The van der Waals surface area contributed by atoms with E-state index in [1.165, 1.54) is 12.4 Å². The lowest BCUT2D eigenvalue weighted by molar-refractivity contribution is -0.136. The third kappa shape index (κ3) is 7.06. The molecule has 6 aliphatic rings. The third-order valence-corrected chi connectivity index (χ3v) is 13.7. The maximum atomic E-state index is 15.3. The number of imide groups is 2. The molecular formula is C44H41ClFN11O5. The van der Waals surface area contributed by atoms with Gasteiger partial charge in [-0.3, -0.25) is 39.1 Å². The van der Waals surface area contributed by atoms with Crippen molar-refractivity contribution in [2.45, 2.75) is 69.6 Å². The van der Waals surface area contributed by atoms with Gasteiger partial charge < -0.3 is 20.4 Å². The molecule has 1 unspecified atom stereocenters. The molecule has 10 rings (SSSR count). The fourth-order valence-corrected chi connectivity index (χ4v) is 10.4. The number of hydrogen-bond acceptors (Lipinski definition) is 13. The molecule has 2 aliphatic carbocycles. The minimum Gasteiger partial charge on any atom is -0.369 e. The fourth-order valence-electron chi connectivity index (χ4n) is 10.2. The molecule has 2 saturated carbocycles. The zero-order chi connectivity index (χ0) is 42.9. The van der Waals surface area contributed by atoms with Crippen LogP contribution in [0.3, 0.4) is 0 Å². The average molecular weight is 858 g/mol. The number of amides is 5. The van der Waals surface area contributed by atoms with E-state index >= 15 is 4.39 Å². The summed E-state index contributed by atoms with van der Waals surface area (Å²) in [6, 6.07) is 15.1. The number of aromatic nitrogens is 3. The number of nitrogens with one attached hydrogen (secondary N) is 3. The van der Waals surface area contributed by atoms with Gasteiger partial charge in [0.2, 0.25) is 17.8 Å². The fraction of sp³-hybridized carbons (Fsp3) is 0.386. The van der Waals surface area contributed by atoms with Gasteiger partial charge in [-0.25, -0.2) is 15.0 Å². The number of rotatable bonds is 8. The second-order valence-electron chi connectivity index (χ2n) is 17.1. The van der Waals surface area contributed by atoms with Gasteiger partial charge in [0.25, 0.3) is 17.7 Å². The van der Waals surface area contributed by atoms with Crippen molar-refractivity contribution in [2.75, 3.05) is 47.8 Å². The van der Waals surface area contributed by atoms with E-state index < -0.39 is 41.5 Å². The number of hydrogen-bond donors (Lipinski definition) is 3. The Labute approximate surface area is 360 Å². The zero-order valence-corrected chi connectivity index (χ0v) is 34.3. The summed E-state index contributed by atoms with van der Waals surface area (Å²) in [6.45, 7) is 4.36. The first-order chi connectivity index (χ1) is 30.0. The number of nitriles is 1. The molecule has 4 fully saturated rings. The van der Waals surface area contributed by atoms with Gasteiger partial charge in [0.05, 0.1) is 39.5 Å². The Morgan fingerprint density at radius 2 is 1.65 bits per heavy atom. The molecule has 316 valence electrons. The number of piperazine rings is 1. The van der Waals surface area contributed by atoms with Crippen LogP contribution in [0.4, 0.5) is 27.4 Å². The van der Waals surface area contributed by atoms with Crippen LogP contribution in [-0.2, 0) is 22.6 Å². The van der Waals surface area contributed by atoms with E-state index in [4.69, 9.17) is 11.6 Å². The molecule has 4 aromatic rings. The largest absolute Gasteiger partial charge is 0.369 e. The molecule has 1 atom stereocenters. The van der Waals surface area contributed by atoms with Crippen molar-refractivity contribution in [3.8, 4) is 6.07 Å². The topological polar surface area (TPSA) is 197 Å². The van der Waals surface area contributed by atoms with Crippen LogP contribution < -0.4 is 25.8 Å². The number of nitrogens with zero attached hydrogens (tertiary/aromatic N) is 8. The second kappa shape index (κ2) is 15.4. The van der Waals surface area contributed by atoms with Crippen LogP contribution in [0.2, 0.25) is 5.02 Å². The van der Waals surface area contributed by atoms with Gasteiger partial charge in [-0.15, -0.1) is 0 Å². The molecule has 2 aromatic heterocycles. The summed E-state index contributed by atoms with van der Waals surface area (Å²) < 4.78 is 15.3. The highest BCUT2D eigenvalue weighted by atomic mass is 35.5. The Bertz CT molecular complexity index is 2620. The molecule has 62 heavy (non-hydrogen) atoms. The van der Waals surface area contributed by atoms with Crippen LogP contribution in [0.25, 0.3) is 0 Å². The Balaban J connectivity index is 0.684. The lowest BCUT2D eigenvalue weighted by atomic mass is 9.51. The number of pyridine rings is 1. The van der Waals surface area contributed by atoms with E-state index in [2.05, 4.69) is 51.7 Å². The summed E-state index contributed by atoms with van der Waals surface area (Å²) in [5, 5.41) is 18.0. The van der Waals surface area contributed by atoms with Crippen molar-refractivity contribution >= 4 is 64.1 Å². The van der Waals surface area contributed by atoms with E-state index in [0.717, 1.165) is 79.4 Å². The van der Waals surface area contributed by atoms with Gasteiger partial charge in [0.1, 0.15) is 30.1 Å². The monoisotopic (exact) mass is 857 g/mol. The predicted octanol–water partition coefficient (Wildman–Crippen LogP) is 4.11. The quantitative estimate of drug-likeness (QED) is 0.169. The van der Waals surface area contributed by atoms with Crippen LogP contribution in [-0.4, -0.2) is 105 Å². The number of piperidine rings is 1. The van der Waals surface area contributed by atoms with Crippen LogP contribution >= 0.6 is 11.6 Å². The molecule has 0 radical (unpaired) electrons. The highest BCUT2D eigenvalue weighted by molar-refractivity contribution is 6.32. The van der Waals surface area contributed by atoms with Crippen LogP contribution in [0, 0.1) is 22.7 Å². The summed E-state index contributed by atoms with van der Waals surface area (Å²) in [6.07, 6.45) is 6.01. The van der Waals surface area contributed by atoms with Crippen molar-refractivity contribution in [1.82, 2.24) is 35.4 Å². The summed E-state index contributed by atoms with van der Waals surface area (Å²) >= 11 is 6.27. The van der Waals surface area contributed by atoms with Gasteiger partial charge in [0, 0.05) is 68.2 Å². The zero-order valence-electron chi connectivity index (χ0n) is 33.5. The van der Waals surface area contributed by atoms with E-state index in [0.29, 0.717) is 42.0 Å². The van der Waals surface area contributed by atoms with E-state index in [9.17, 15) is 29.2 Å². The number of anilines is 4. The minimum atomic E-state index is -0.996. The van der Waals surface area contributed by atoms with Crippen molar-refractivity contribution in [1.29, 1.82) is 5.26 Å². The van der Waals surface area contributed by atoms with E-state index in [1.807, 2.05) is 12.1 Å². The molecule has 18 heteroatoms. The first kappa shape index (κ1) is 39.6. The SMILES string of the molecule is N#Cc1ccc(N2CCc3c(ncnc3Nc3ccc(C(=O)NC4CC5(C4)CC(N4CCN(c6ccc7c(c6)C(=O)N(C6CCC(=O)NC6=O)C7=O)CC4)C5)c(F)n3)C2)cc1Cl. The first-order valence-corrected chi connectivity index (χ1v) is 21.2. The first-order valence-electron chi connectivity index (χ1n) is 20.8. The lowest BCUT2D eigenvalue weighted by Crippen LogP contribution is -2.63. The third-order valence-electron chi connectivity index (χ3n) is 13.4. The minimum absolute atomic E-state index is 0.0368. The Kier molecular flexibility index (Phi) is 9.86. The molecule has 1 spiro atoms. The van der Waals surface area contributed by atoms with Crippen molar-refractivity contribution in [3.05, 3.63) is 99.3 Å². The van der Waals surface area contributed by atoms with Gasteiger partial charge in [-0.05, 0) is 92.5 Å². The Morgan fingerprint density at radius 3 is 2.39 bits per heavy atom. The van der Waals surface area contributed by atoms with Crippen molar-refractivity contribution in [2.24, 2.45) is 5.41 Å². The van der Waals surface area contributed by atoms with Gasteiger partial charge >= 0.3 is 0 Å². The van der Waals surface area contributed by atoms with Crippen LogP contribution in [0.1, 0.15) is 86.4 Å². The Hall–Kier alpha value is -6.51. The molecule has 5 amide bonds. The lowest BCUT2D eigenvalue weighted by Gasteiger charge is -2.60. The smallest absolute Gasteiger partial charge is 0.262 e. The van der Waals surface area contributed by atoms with Crippen molar-refractivity contribution < 1.29 is 28.4 Å². The maximum Gasteiger partial charge on any atom is 0.262 e. The molecular weight excluding hydrogens is 817 g/mol. The molecule has 2 saturated heterocycles. The number of fused-ring (bicyclic) bond motifs is 2. The van der Waals surface area contributed by atoms with Gasteiger partial charge in [0.15, 0.2) is 0 Å². The molecule has 0 bridgehead atoms. The van der Waals surface area contributed by atoms with Crippen LogP contribution in [0.5, 0.6) is 0 Å². The average Bonchev–Trinajstić information content (AvgIpc) is 3.48.